The van der Waals surface area contributed by atoms with Gasteiger partial charge >= 0.3 is 5.97 Å². The van der Waals surface area contributed by atoms with Gasteiger partial charge < -0.3 is 10.1 Å². The lowest BCUT2D eigenvalue weighted by Gasteiger charge is -2.08. The number of carbonyl (C=O) groups is 2. The molecular weight excluding hydrogens is 360 g/mol. The monoisotopic (exact) mass is 374 g/mol. The molecule has 0 saturated carbocycles. The van der Waals surface area contributed by atoms with E-state index in [1.807, 2.05) is 0 Å². The van der Waals surface area contributed by atoms with Crippen LogP contribution in [-0.4, -0.2) is 23.4 Å². The number of esters is 1. The standard InChI is InChI=1S/C18H15ClN2O5/c1-12-10-14(19)7-8-15(12)20-17(22)11-26-18(23)9-6-13-4-2-3-5-16(13)21(24)25/h2-10H,11H2,1H3,(H,20,22)/b9-6+. The predicted octanol–water partition coefficient (Wildman–Crippen LogP) is 3.75. The first-order valence-corrected chi connectivity index (χ1v) is 7.89. The molecule has 0 saturated heterocycles. The highest BCUT2D eigenvalue weighted by Crippen LogP contribution is 2.20. The highest BCUT2D eigenvalue weighted by molar-refractivity contribution is 6.30. The predicted molar refractivity (Wildman–Crippen MR) is 97.9 cm³/mol. The number of nitro groups is 1. The SMILES string of the molecule is Cc1cc(Cl)ccc1NC(=O)COC(=O)/C=C/c1ccccc1[N+](=O)[O-]. The fourth-order valence-electron chi connectivity index (χ4n) is 2.09. The number of nitrogens with zero attached hydrogens (tertiary/aromatic N) is 1. The quantitative estimate of drug-likeness (QED) is 0.359. The molecule has 0 aromatic heterocycles. The maximum absolute atomic E-state index is 11.8. The highest BCUT2D eigenvalue weighted by atomic mass is 35.5. The Morgan fingerprint density at radius 2 is 2.00 bits per heavy atom. The Labute approximate surface area is 154 Å². The van der Waals surface area contributed by atoms with Gasteiger partial charge in [0.15, 0.2) is 6.61 Å². The zero-order chi connectivity index (χ0) is 19.1. The second kappa shape index (κ2) is 8.77. The number of carbonyl (C=O) groups excluding carboxylic acids is 2. The summed E-state index contributed by atoms with van der Waals surface area (Å²) in [5.74, 6) is -1.30. The van der Waals surface area contributed by atoms with Crippen molar-refractivity contribution < 1.29 is 19.2 Å². The Morgan fingerprint density at radius 3 is 2.69 bits per heavy atom. The zero-order valence-electron chi connectivity index (χ0n) is 13.8. The number of nitro benzene ring substituents is 1. The Bertz CT molecular complexity index is 880. The van der Waals surface area contributed by atoms with Crippen molar-refractivity contribution in [2.75, 3.05) is 11.9 Å². The van der Waals surface area contributed by atoms with Crippen molar-refractivity contribution in [1.29, 1.82) is 0 Å². The van der Waals surface area contributed by atoms with Gasteiger partial charge in [-0.1, -0.05) is 23.7 Å². The van der Waals surface area contributed by atoms with Crippen LogP contribution in [0.15, 0.2) is 48.5 Å². The van der Waals surface area contributed by atoms with Gasteiger partial charge in [-0.05, 0) is 42.8 Å². The molecule has 0 fully saturated rings. The lowest BCUT2D eigenvalue weighted by Crippen LogP contribution is -2.20. The van der Waals surface area contributed by atoms with E-state index in [4.69, 9.17) is 16.3 Å². The van der Waals surface area contributed by atoms with Crippen LogP contribution in [0.3, 0.4) is 0 Å². The van der Waals surface area contributed by atoms with Crippen LogP contribution in [0.4, 0.5) is 11.4 Å². The number of hydrogen-bond donors (Lipinski definition) is 1. The normalized spacial score (nSPS) is 10.5. The Kier molecular flexibility index (Phi) is 6.46. The van der Waals surface area contributed by atoms with Gasteiger partial charge in [-0.15, -0.1) is 0 Å². The van der Waals surface area contributed by atoms with Crippen LogP contribution < -0.4 is 5.32 Å². The number of benzene rings is 2. The van der Waals surface area contributed by atoms with Gasteiger partial charge in [-0.2, -0.15) is 0 Å². The van der Waals surface area contributed by atoms with E-state index in [0.29, 0.717) is 10.7 Å². The molecule has 2 aromatic carbocycles. The van der Waals surface area contributed by atoms with Crippen LogP contribution in [0, 0.1) is 17.0 Å². The summed E-state index contributed by atoms with van der Waals surface area (Å²) < 4.78 is 4.83. The van der Waals surface area contributed by atoms with Crippen LogP contribution in [-0.2, 0) is 14.3 Å². The molecule has 0 unspecified atom stereocenters. The Hall–Kier alpha value is -3.19. The van der Waals surface area contributed by atoms with E-state index in [2.05, 4.69) is 5.32 Å². The number of rotatable bonds is 6. The van der Waals surface area contributed by atoms with E-state index in [1.165, 1.54) is 24.3 Å². The molecule has 0 spiro atoms. The number of aryl methyl sites for hydroxylation is 1. The molecule has 0 aliphatic rings. The first kappa shape index (κ1) is 19.1. The summed E-state index contributed by atoms with van der Waals surface area (Å²) in [7, 11) is 0. The second-order valence-electron chi connectivity index (χ2n) is 5.26. The number of anilines is 1. The summed E-state index contributed by atoms with van der Waals surface area (Å²) >= 11 is 5.84. The molecule has 0 aliphatic heterocycles. The third-order valence-electron chi connectivity index (χ3n) is 3.34. The Morgan fingerprint density at radius 1 is 1.27 bits per heavy atom. The van der Waals surface area contributed by atoms with E-state index in [-0.39, 0.29) is 11.3 Å². The minimum atomic E-state index is -0.786. The first-order valence-electron chi connectivity index (χ1n) is 7.51. The number of para-hydroxylation sites is 1. The van der Waals surface area contributed by atoms with Gasteiger partial charge in [-0.25, -0.2) is 4.79 Å². The largest absolute Gasteiger partial charge is 0.452 e. The molecule has 2 aromatic rings. The van der Waals surface area contributed by atoms with Crippen molar-refractivity contribution in [2.45, 2.75) is 6.92 Å². The summed E-state index contributed by atoms with van der Waals surface area (Å²) in [6.45, 7) is 1.30. The minimum absolute atomic E-state index is 0.132. The maximum atomic E-state index is 11.8. The maximum Gasteiger partial charge on any atom is 0.331 e. The van der Waals surface area contributed by atoms with E-state index in [9.17, 15) is 19.7 Å². The fourth-order valence-corrected chi connectivity index (χ4v) is 2.32. The molecule has 1 N–H and O–H groups in total. The van der Waals surface area contributed by atoms with Gasteiger partial charge in [0, 0.05) is 22.9 Å². The third-order valence-corrected chi connectivity index (χ3v) is 3.58. The van der Waals surface area contributed by atoms with Gasteiger partial charge in [-0.3, -0.25) is 14.9 Å². The van der Waals surface area contributed by atoms with Gasteiger partial charge in [0.1, 0.15) is 0 Å². The summed E-state index contributed by atoms with van der Waals surface area (Å²) in [5.41, 5.74) is 1.46. The molecule has 8 heteroatoms. The van der Waals surface area contributed by atoms with Crippen LogP contribution in [0.2, 0.25) is 5.02 Å². The molecule has 7 nitrogen and oxygen atoms in total. The van der Waals surface area contributed by atoms with Crippen LogP contribution in [0.1, 0.15) is 11.1 Å². The molecule has 0 heterocycles. The van der Waals surface area contributed by atoms with Crippen molar-refractivity contribution in [1.82, 2.24) is 0 Å². The lowest BCUT2D eigenvalue weighted by molar-refractivity contribution is -0.385. The van der Waals surface area contributed by atoms with Crippen molar-refractivity contribution in [3.8, 4) is 0 Å². The topological polar surface area (TPSA) is 98.5 Å². The average Bonchev–Trinajstić information content (AvgIpc) is 2.60. The Balaban J connectivity index is 1.90. The summed E-state index contributed by atoms with van der Waals surface area (Å²) in [4.78, 5) is 33.9. The molecule has 1 amide bonds. The smallest absolute Gasteiger partial charge is 0.331 e. The average molecular weight is 375 g/mol. The van der Waals surface area contributed by atoms with Crippen LogP contribution >= 0.6 is 11.6 Å². The van der Waals surface area contributed by atoms with E-state index in [0.717, 1.165) is 11.6 Å². The summed E-state index contributed by atoms with van der Waals surface area (Å²) in [5, 5.41) is 14.0. The lowest BCUT2D eigenvalue weighted by atomic mass is 10.1. The van der Waals surface area contributed by atoms with Crippen molar-refractivity contribution in [3.63, 3.8) is 0 Å². The molecule has 0 bridgehead atoms. The number of halogens is 1. The molecule has 0 radical (unpaired) electrons. The molecule has 2 rings (SSSR count). The summed E-state index contributed by atoms with van der Waals surface area (Å²) in [6.07, 6.45) is 2.30. The van der Waals surface area contributed by atoms with Gasteiger partial charge in [0.25, 0.3) is 11.6 Å². The first-order chi connectivity index (χ1) is 12.4. The highest BCUT2D eigenvalue weighted by Gasteiger charge is 2.11. The van der Waals surface area contributed by atoms with Gasteiger partial charge in [0.2, 0.25) is 0 Å². The zero-order valence-corrected chi connectivity index (χ0v) is 14.5. The third kappa shape index (κ3) is 5.42. The number of amides is 1. The molecule has 26 heavy (non-hydrogen) atoms. The molecular formula is C18H15ClN2O5. The number of hydrogen-bond acceptors (Lipinski definition) is 5. The van der Waals surface area contributed by atoms with Crippen molar-refractivity contribution >= 4 is 40.9 Å². The van der Waals surface area contributed by atoms with E-state index >= 15 is 0 Å². The minimum Gasteiger partial charge on any atom is -0.452 e. The second-order valence-corrected chi connectivity index (χ2v) is 5.70. The molecule has 0 atom stereocenters. The fraction of sp³-hybridized carbons (Fsp3) is 0.111. The summed E-state index contributed by atoms with van der Waals surface area (Å²) in [6, 6.07) is 10.9. The van der Waals surface area contributed by atoms with Crippen LogP contribution in [0.5, 0.6) is 0 Å². The van der Waals surface area contributed by atoms with Gasteiger partial charge in [0.05, 0.1) is 10.5 Å². The van der Waals surface area contributed by atoms with Crippen molar-refractivity contribution in [3.05, 3.63) is 74.8 Å². The van der Waals surface area contributed by atoms with Crippen molar-refractivity contribution in [2.24, 2.45) is 0 Å². The van der Waals surface area contributed by atoms with E-state index < -0.39 is 23.4 Å². The van der Waals surface area contributed by atoms with Crippen LogP contribution in [0.25, 0.3) is 6.08 Å². The number of ether oxygens (including phenoxy) is 1. The molecule has 134 valence electrons. The van der Waals surface area contributed by atoms with E-state index in [1.54, 1.807) is 31.2 Å². The number of nitrogens with one attached hydrogen (secondary N) is 1. The molecule has 0 aliphatic carbocycles.